The first kappa shape index (κ1) is 13.8. The predicted molar refractivity (Wildman–Crippen MR) is 90.1 cm³/mol. The van der Waals surface area contributed by atoms with Crippen LogP contribution in [0.15, 0.2) is 57.9 Å². The van der Waals surface area contributed by atoms with Gasteiger partial charge in [-0.3, -0.25) is 4.99 Å². The Labute approximate surface area is 127 Å². The Kier molecular flexibility index (Phi) is 3.97. The summed E-state index contributed by atoms with van der Waals surface area (Å²) in [4.78, 5) is 5.41. The monoisotopic (exact) mass is 295 g/mol. The number of aromatic nitrogens is 1. The van der Waals surface area contributed by atoms with Gasteiger partial charge in [0.1, 0.15) is 0 Å². The van der Waals surface area contributed by atoms with E-state index in [1.54, 1.807) is 11.3 Å². The molecule has 0 saturated carbocycles. The average molecular weight is 295 g/mol. The predicted octanol–water partition coefficient (Wildman–Crippen LogP) is 3.81. The molecule has 4 heteroatoms. The summed E-state index contributed by atoms with van der Waals surface area (Å²) in [6.07, 6.45) is 1.91. The Morgan fingerprint density at radius 2 is 1.95 bits per heavy atom. The first-order chi connectivity index (χ1) is 10.3. The highest BCUT2D eigenvalue weighted by Gasteiger charge is 2.00. The molecule has 0 aliphatic heterocycles. The second-order valence-corrected chi connectivity index (χ2v) is 5.60. The van der Waals surface area contributed by atoms with Crippen molar-refractivity contribution in [3.8, 4) is 0 Å². The molecule has 0 saturated heterocycles. The highest BCUT2D eigenvalue weighted by molar-refractivity contribution is 7.07. The van der Waals surface area contributed by atoms with Crippen LogP contribution >= 0.6 is 11.3 Å². The van der Waals surface area contributed by atoms with E-state index in [9.17, 15) is 0 Å². The van der Waals surface area contributed by atoms with E-state index in [0.717, 1.165) is 22.6 Å². The molecule has 3 aromatic rings. The minimum absolute atomic E-state index is 0.768. The molecule has 0 fully saturated rings. The number of fused-ring (bicyclic) bond motifs is 1. The van der Waals surface area contributed by atoms with Gasteiger partial charge in [-0.25, -0.2) is 4.68 Å². The van der Waals surface area contributed by atoms with E-state index in [-0.39, 0.29) is 0 Å². The van der Waals surface area contributed by atoms with Gasteiger partial charge < -0.3 is 0 Å². The van der Waals surface area contributed by atoms with Gasteiger partial charge in [-0.2, -0.15) is 5.10 Å². The Morgan fingerprint density at radius 1 is 1.14 bits per heavy atom. The zero-order chi connectivity index (χ0) is 14.7. The highest BCUT2D eigenvalue weighted by Crippen LogP contribution is 2.16. The third-order valence-corrected chi connectivity index (χ3v) is 4.25. The Bertz CT molecular complexity index is 850. The number of rotatable bonds is 3. The Hall–Kier alpha value is -2.20. The molecule has 0 atom stereocenters. The van der Waals surface area contributed by atoms with Gasteiger partial charge in [-0.1, -0.05) is 42.5 Å². The first-order valence-electron chi connectivity index (χ1n) is 6.99. The molecule has 1 aromatic heterocycles. The van der Waals surface area contributed by atoms with Crippen LogP contribution in [0, 0.1) is 6.92 Å². The second-order valence-electron chi connectivity index (χ2n) is 4.76. The summed E-state index contributed by atoms with van der Waals surface area (Å²) < 4.78 is 1.90. The number of aryl methyl sites for hydroxylation is 1. The number of thiazole rings is 1. The van der Waals surface area contributed by atoms with Crippen molar-refractivity contribution in [2.24, 2.45) is 10.1 Å². The van der Waals surface area contributed by atoms with E-state index < -0.39 is 0 Å². The molecule has 0 bridgehead atoms. The zero-order valence-electron chi connectivity index (χ0n) is 12.2. The number of hydrogen-bond donors (Lipinski definition) is 0. The maximum absolute atomic E-state index is 4.61. The van der Waals surface area contributed by atoms with Crippen molar-refractivity contribution >= 4 is 28.3 Å². The van der Waals surface area contributed by atoms with Crippen LogP contribution in [0.5, 0.6) is 0 Å². The third-order valence-electron chi connectivity index (χ3n) is 3.28. The van der Waals surface area contributed by atoms with Crippen LogP contribution < -0.4 is 4.80 Å². The summed E-state index contributed by atoms with van der Waals surface area (Å²) in [5, 5.41) is 9.13. The van der Waals surface area contributed by atoms with Gasteiger partial charge in [0, 0.05) is 17.5 Å². The molecule has 3 rings (SSSR count). The van der Waals surface area contributed by atoms with Crippen molar-refractivity contribution in [1.29, 1.82) is 0 Å². The molecule has 0 aliphatic rings. The fraction of sp³-hybridized carbons (Fsp3) is 0.176. The quantitative estimate of drug-likeness (QED) is 0.658. The van der Waals surface area contributed by atoms with E-state index in [1.807, 2.05) is 24.7 Å². The minimum Gasteiger partial charge on any atom is -0.258 e. The second kappa shape index (κ2) is 6.06. The Morgan fingerprint density at radius 3 is 2.81 bits per heavy atom. The van der Waals surface area contributed by atoms with Crippen molar-refractivity contribution in [1.82, 2.24) is 4.68 Å². The molecule has 0 aliphatic carbocycles. The van der Waals surface area contributed by atoms with Gasteiger partial charge >= 0.3 is 0 Å². The molecule has 0 spiro atoms. The summed E-state index contributed by atoms with van der Waals surface area (Å²) >= 11 is 1.62. The lowest BCUT2D eigenvalue weighted by Gasteiger charge is -2.02. The summed E-state index contributed by atoms with van der Waals surface area (Å²) in [5.41, 5.74) is 2.22. The lowest BCUT2D eigenvalue weighted by molar-refractivity contribution is 0.794. The number of benzene rings is 2. The largest absolute Gasteiger partial charge is 0.258 e. The smallest absolute Gasteiger partial charge is 0.205 e. The molecule has 21 heavy (non-hydrogen) atoms. The molecule has 3 nitrogen and oxygen atoms in total. The lowest BCUT2D eigenvalue weighted by Crippen LogP contribution is -2.12. The van der Waals surface area contributed by atoms with Crippen molar-refractivity contribution in [2.75, 3.05) is 6.54 Å². The van der Waals surface area contributed by atoms with Crippen molar-refractivity contribution < 1.29 is 0 Å². The fourth-order valence-electron chi connectivity index (χ4n) is 2.25. The lowest BCUT2D eigenvalue weighted by atomic mass is 10.1. The molecule has 1 heterocycles. The van der Waals surface area contributed by atoms with Gasteiger partial charge in [0.25, 0.3) is 0 Å². The maximum Gasteiger partial charge on any atom is 0.205 e. The summed E-state index contributed by atoms with van der Waals surface area (Å²) in [5.74, 6) is 0. The Balaban J connectivity index is 2.07. The highest BCUT2D eigenvalue weighted by atomic mass is 32.1. The summed E-state index contributed by atoms with van der Waals surface area (Å²) in [6, 6.07) is 14.6. The standard InChI is InChI=1S/C17H17N3S/c1-3-18-17-20(13(2)12-21-17)19-11-15-9-6-8-14-7-4-5-10-16(14)15/h4-12H,3H2,1-2H3. The van der Waals surface area contributed by atoms with Crippen LogP contribution in [0.4, 0.5) is 0 Å². The van der Waals surface area contributed by atoms with Crippen molar-refractivity contribution in [3.63, 3.8) is 0 Å². The molecule has 106 valence electrons. The molecule has 0 radical (unpaired) electrons. The normalized spacial score (nSPS) is 12.6. The number of nitrogens with zero attached hydrogens (tertiary/aromatic N) is 3. The van der Waals surface area contributed by atoms with Crippen molar-refractivity contribution in [2.45, 2.75) is 13.8 Å². The fourth-order valence-corrected chi connectivity index (χ4v) is 3.12. The summed E-state index contributed by atoms with van der Waals surface area (Å²) in [6.45, 7) is 4.85. The topological polar surface area (TPSA) is 29.6 Å². The van der Waals surface area contributed by atoms with Gasteiger partial charge in [-0.05, 0) is 24.6 Å². The van der Waals surface area contributed by atoms with E-state index in [0.29, 0.717) is 0 Å². The third kappa shape index (κ3) is 2.81. The van der Waals surface area contributed by atoms with E-state index >= 15 is 0 Å². The van der Waals surface area contributed by atoms with Crippen LogP contribution in [0.3, 0.4) is 0 Å². The number of hydrogen-bond acceptors (Lipinski definition) is 3. The minimum atomic E-state index is 0.768. The molecule has 0 unspecified atom stereocenters. The van der Waals surface area contributed by atoms with Crippen molar-refractivity contribution in [3.05, 3.63) is 63.9 Å². The van der Waals surface area contributed by atoms with Gasteiger partial charge in [0.15, 0.2) is 0 Å². The van der Waals surface area contributed by atoms with E-state index in [2.05, 4.69) is 57.9 Å². The molecular weight excluding hydrogens is 278 g/mol. The zero-order valence-corrected chi connectivity index (χ0v) is 13.0. The van der Waals surface area contributed by atoms with E-state index in [1.165, 1.54) is 10.8 Å². The molecule has 2 aromatic carbocycles. The van der Waals surface area contributed by atoms with Crippen LogP contribution in [0.1, 0.15) is 18.2 Å². The van der Waals surface area contributed by atoms with Gasteiger partial charge in [0.05, 0.1) is 11.9 Å². The molecule has 0 amide bonds. The van der Waals surface area contributed by atoms with Crippen LogP contribution in [-0.4, -0.2) is 17.4 Å². The average Bonchev–Trinajstić information content (AvgIpc) is 2.86. The molecular formula is C17H17N3S. The van der Waals surface area contributed by atoms with E-state index in [4.69, 9.17) is 0 Å². The van der Waals surface area contributed by atoms with Crippen LogP contribution in [0.25, 0.3) is 10.8 Å². The summed E-state index contributed by atoms with van der Waals surface area (Å²) in [7, 11) is 0. The van der Waals surface area contributed by atoms with Gasteiger partial charge in [0.2, 0.25) is 4.80 Å². The van der Waals surface area contributed by atoms with Gasteiger partial charge in [-0.15, -0.1) is 11.3 Å². The van der Waals surface area contributed by atoms with Crippen LogP contribution in [-0.2, 0) is 0 Å². The first-order valence-corrected chi connectivity index (χ1v) is 7.87. The van der Waals surface area contributed by atoms with Crippen LogP contribution in [0.2, 0.25) is 0 Å². The molecule has 0 N–H and O–H groups in total. The SMILES string of the molecule is CCN=c1scc(C)n1N=Cc1cccc2ccccc12. The maximum atomic E-state index is 4.61.